The number of hydrogen-bond acceptors (Lipinski definition) is 5. The van der Waals surface area contributed by atoms with Crippen LogP contribution in [0.5, 0.6) is 0 Å². The van der Waals surface area contributed by atoms with Gasteiger partial charge < -0.3 is 14.5 Å². The topological polar surface area (TPSA) is 45.7 Å². The molecule has 1 aromatic rings. The molecule has 2 unspecified atom stereocenters. The summed E-state index contributed by atoms with van der Waals surface area (Å²) in [7, 11) is 0. The molecule has 4 fully saturated rings. The lowest BCUT2D eigenvalue weighted by Crippen LogP contribution is -2.31. The molecular weight excluding hydrogens is 350 g/mol. The first-order chi connectivity index (χ1) is 13.6. The molecular formula is C23H33N3O2. The van der Waals surface area contributed by atoms with Crippen molar-refractivity contribution in [2.75, 3.05) is 37.6 Å². The number of fused-ring (bicyclic) bond motifs is 1. The predicted molar refractivity (Wildman–Crippen MR) is 109 cm³/mol. The summed E-state index contributed by atoms with van der Waals surface area (Å²) in [5, 5.41) is 0. The van der Waals surface area contributed by atoms with E-state index < -0.39 is 0 Å². The van der Waals surface area contributed by atoms with Gasteiger partial charge in [0.2, 0.25) is 0 Å². The summed E-state index contributed by atoms with van der Waals surface area (Å²) in [5.41, 5.74) is 2.30. The maximum atomic E-state index is 12.5. The third kappa shape index (κ3) is 3.42. The zero-order chi connectivity index (χ0) is 19.1. The van der Waals surface area contributed by atoms with Gasteiger partial charge in [0, 0.05) is 56.7 Å². The van der Waals surface area contributed by atoms with Crippen LogP contribution in [0.4, 0.5) is 5.69 Å². The fraction of sp³-hybridized carbons (Fsp3) is 0.739. The highest BCUT2D eigenvalue weighted by Crippen LogP contribution is 2.46. The number of rotatable bonds is 4. The fourth-order valence-electron chi connectivity index (χ4n) is 6.17. The molecule has 5 rings (SSSR count). The lowest BCUT2D eigenvalue weighted by atomic mass is 9.72. The number of esters is 1. The van der Waals surface area contributed by atoms with Gasteiger partial charge in [-0.15, -0.1) is 0 Å². The fourth-order valence-corrected chi connectivity index (χ4v) is 6.17. The van der Waals surface area contributed by atoms with Crippen LogP contribution in [0.25, 0.3) is 0 Å². The molecule has 1 aromatic heterocycles. The minimum absolute atomic E-state index is 0.110. The van der Waals surface area contributed by atoms with Gasteiger partial charge in [0.25, 0.3) is 0 Å². The summed E-state index contributed by atoms with van der Waals surface area (Å²) in [6.45, 7) is 7.84. The summed E-state index contributed by atoms with van der Waals surface area (Å²) >= 11 is 0. The zero-order valence-electron chi connectivity index (χ0n) is 17.1. The number of carbonyl (C=O) groups is 1. The molecule has 4 aliphatic rings. The average Bonchev–Trinajstić information content (AvgIpc) is 3.33. The molecule has 0 amide bonds. The molecule has 3 aliphatic heterocycles. The van der Waals surface area contributed by atoms with Crippen molar-refractivity contribution in [3.8, 4) is 0 Å². The number of anilines is 1. The lowest BCUT2D eigenvalue weighted by Gasteiger charge is -2.28. The quantitative estimate of drug-likeness (QED) is 0.746. The van der Waals surface area contributed by atoms with E-state index in [0.717, 1.165) is 62.8 Å². The Morgan fingerprint density at radius 3 is 2.61 bits per heavy atom. The highest BCUT2D eigenvalue weighted by Gasteiger charge is 2.49. The Bertz CT molecular complexity index is 716. The first-order valence-electron chi connectivity index (χ1n) is 11.2. The van der Waals surface area contributed by atoms with Crippen LogP contribution in [-0.4, -0.2) is 54.7 Å². The molecule has 0 aromatic carbocycles. The number of ether oxygens (including phenoxy) is 1. The molecule has 152 valence electrons. The summed E-state index contributed by atoms with van der Waals surface area (Å²) in [6.07, 6.45) is 9.86. The van der Waals surface area contributed by atoms with Gasteiger partial charge in [0.15, 0.2) is 0 Å². The Balaban J connectivity index is 1.11. The van der Waals surface area contributed by atoms with Crippen molar-refractivity contribution in [1.29, 1.82) is 0 Å². The molecule has 5 nitrogen and oxygen atoms in total. The van der Waals surface area contributed by atoms with Gasteiger partial charge in [0.1, 0.15) is 6.10 Å². The van der Waals surface area contributed by atoms with Gasteiger partial charge in [-0.3, -0.25) is 9.78 Å². The molecule has 3 saturated heterocycles. The average molecular weight is 384 g/mol. The second kappa shape index (κ2) is 7.33. The first kappa shape index (κ1) is 18.4. The molecule has 0 radical (unpaired) electrons. The van der Waals surface area contributed by atoms with E-state index in [9.17, 15) is 4.79 Å². The number of likely N-dealkylation sites (tertiary alicyclic amines) is 1. The van der Waals surface area contributed by atoms with Crippen LogP contribution in [0.1, 0.15) is 50.6 Å². The van der Waals surface area contributed by atoms with Crippen LogP contribution in [0.15, 0.2) is 18.3 Å². The summed E-state index contributed by atoms with van der Waals surface area (Å²) in [6, 6.07) is 4.34. The third-order valence-electron chi connectivity index (χ3n) is 7.71. The molecule has 0 bridgehead atoms. The van der Waals surface area contributed by atoms with Crippen LogP contribution in [0.2, 0.25) is 0 Å². The molecule has 28 heavy (non-hydrogen) atoms. The van der Waals surface area contributed by atoms with Crippen molar-refractivity contribution < 1.29 is 9.53 Å². The van der Waals surface area contributed by atoms with Crippen molar-refractivity contribution in [2.24, 2.45) is 17.3 Å². The van der Waals surface area contributed by atoms with E-state index in [1.165, 1.54) is 38.0 Å². The van der Waals surface area contributed by atoms with E-state index in [2.05, 4.69) is 33.8 Å². The number of nitrogens with zero attached hydrogens (tertiary/aromatic N) is 3. The molecule has 5 heteroatoms. The number of aromatic nitrogens is 1. The molecule has 1 saturated carbocycles. The van der Waals surface area contributed by atoms with E-state index in [1.54, 1.807) is 0 Å². The smallest absolute Gasteiger partial charge is 0.312 e. The largest absolute Gasteiger partial charge is 0.462 e. The standard InChI is InChI=1S/C23H33N3O2/c1-17-11-20(5-9-24-17)26-15-18-13-25(14-19(18)16-26)10-6-21-12-23(22(27)28-21)7-3-2-4-8-23/h5,9,11,18-19,21H,2-4,6-8,10,12-16H2,1H3/t18?,19?,21-/m1/s1. The monoisotopic (exact) mass is 383 g/mol. The van der Waals surface area contributed by atoms with E-state index in [4.69, 9.17) is 4.74 Å². The van der Waals surface area contributed by atoms with Crippen LogP contribution in [0, 0.1) is 24.2 Å². The molecule has 0 N–H and O–H groups in total. The third-order valence-corrected chi connectivity index (χ3v) is 7.71. The highest BCUT2D eigenvalue weighted by molar-refractivity contribution is 5.79. The van der Waals surface area contributed by atoms with Gasteiger partial charge in [-0.2, -0.15) is 0 Å². The highest BCUT2D eigenvalue weighted by atomic mass is 16.6. The Hall–Kier alpha value is -1.62. The normalized spacial score (nSPS) is 32.1. The Kier molecular flexibility index (Phi) is 4.82. The minimum Gasteiger partial charge on any atom is -0.462 e. The minimum atomic E-state index is -0.117. The van der Waals surface area contributed by atoms with Crippen molar-refractivity contribution in [3.05, 3.63) is 24.0 Å². The number of carbonyl (C=O) groups excluding carboxylic acids is 1. The van der Waals surface area contributed by atoms with Crippen molar-refractivity contribution >= 4 is 11.7 Å². The van der Waals surface area contributed by atoms with Crippen molar-refractivity contribution in [1.82, 2.24) is 9.88 Å². The van der Waals surface area contributed by atoms with E-state index in [1.807, 2.05) is 6.20 Å². The number of cyclic esters (lactones) is 1. The number of hydrogen-bond donors (Lipinski definition) is 0. The molecule has 1 aliphatic carbocycles. The second-order valence-electron chi connectivity index (χ2n) is 9.70. The summed E-state index contributed by atoms with van der Waals surface area (Å²) in [5.74, 6) is 1.65. The van der Waals surface area contributed by atoms with E-state index >= 15 is 0 Å². The van der Waals surface area contributed by atoms with Crippen molar-refractivity contribution in [3.63, 3.8) is 0 Å². The lowest BCUT2D eigenvalue weighted by molar-refractivity contribution is -0.150. The van der Waals surface area contributed by atoms with Gasteiger partial charge in [0.05, 0.1) is 5.41 Å². The summed E-state index contributed by atoms with van der Waals surface area (Å²) < 4.78 is 5.81. The van der Waals surface area contributed by atoms with E-state index in [-0.39, 0.29) is 17.5 Å². The van der Waals surface area contributed by atoms with Crippen LogP contribution >= 0.6 is 0 Å². The van der Waals surface area contributed by atoms with E-state index in [0.29, 0.717) is 0 Å². The Labute approximate surface area is 168 Å². The summed E-state index contributed by atoms with van der Waals surface area (Å²) in [4.78, 5) is 21.9. The first-order valence-corrected chi connectivity index (χ1v) is 11.2. The number of pyridine rings is 1. The van der Waals surface area contributed by atoms with Gasteiger partial charge in [-0.25, -0.2) is 0 Å². The van der Waals surface area contributed by atoms with Crippen molar-refractivity contribution in [2.45, 2.75) is 58.0 Å². The maximum Gasteiger partial charge on any atom is 0.312 e. The van der Waals surface area contributed by atoms with Gasteiger partial charge in [-0.1, -0.05) is 19.3 Å². The second-order valence-corrected chi connectivity index (χ2v) is 9.70. The van der Waals surface area contributed by atoms with Gasteiger partial charge in [-0.05, 0) is 50.2 Å². The Morgan fingerprint density at radius 2 is 1.89 bits per heavy atom. The molecule has 4 heterocycles. The van der Waals surface area contributed by atoms with Crippen LogP contribution in [0.3, 0.4) is 0 Å². The van der Waals surface area contributed by atoms with Crippen LogP contribution < -0.4 is 4.90 Å². The predicted octanol–water partition coefficient (Wildman–Crippen LogP) is 3.41. The molecule has 1 spiro atoms. The Morgan fingerprint density at radius 1 is 1.14 bits per heavy atom. The van der Waals surface area contributed by atoms with Gasteiger partial charge >= 0.3 is 5.97 Å². The zero-order valence-corrected chi connectivity index (χ0v) is 17.1. The number of aryl methyl sites for hydroxylation is 1. The molecule has 3 atom stereocenters. The van der Waals surface area contributed by atoms with Crippen LogP contribution in [-0.2, 0) is 9.53 Å². The maximum absolute atomic E-state index is 12.5. The SMILES string of the molecule is Cc1cc(N2CC3CN(CC[C@@H]4CC5(CCCCC5)C(=O)O4)CC3C2)ccn1.